The number of nitrogens with two attached hydrogens (primary N) is 1. The maximum absolute atomic E-state index is 10.4. The van der Waals surface area contributed by atoms with Gasteiger partial charge in [0.25, 0.3) is 0 Å². The SMILES string of the molecule is NCCC(SCCO)C(=O)O. The van der Waals surface area contributed by atoms with Crippen LogP contribution < -0.4 is 5.73 Å². The molecule has 0 bridgehead atoms. The van der Waals surface area contributed by atoms with Crippen molar-refractivity contribution in [2.45, 2.75) is 11.7 Å². The number of carboxylic acids is 1. The fraction of sp³-hybridized carbons (Fsp3) is 0.833. The van der Waals surface area contributed by atoms with Gasteiger partial charge in [0.1, 0.15) is 5.25 Å². The number of aliphatic hydroxyl groups excluding tert-OH is 1. The van der Waals surface area contributed by atoms with Gasteiger partial charge in [0.15, 0.2) is 0 Å². The van der Waals surface area contributed by atoms with Crippen molar-refractivity contribution < 1.29 is 15.0 Å². The zero-order valence-electron chi connectivity index (χ0n) is 6.19. The maximum atomic E-state index is 10.4. The number of carbonyl (C=O) groups is 1. The molecule has 5 heteroatoms. The molecule has 4 N–H and O–H groups in total. The summed E-state index contributed by atoms with van der Waals surface area (Å²) in [5.74, 6) is -0.398. The van der Waals surface area contributed by atoms with E-state index in [9.17, 15) is 4.79 Å². The van der Waals surface area contributed by atoms with Crippen molar-refractivity contribution in [2.24, 2.45) is 5.73 Å². The maximum Gasteiger partial charge on any atom is 0.316 e. The minimum absolute atomic E-state index is 0.0129. The van der Waals surface area contributed by atoms with Crippen LogP contribution in [0.3, 0.4) is 0 Å². The number of carboxylic acid groups (broad SMARTS) is 1. The molecule has 0 aliphatic heterocycles. The van der Waals surface area contributed by atoms with Crippen LogP contribution in [0.1, 0.15) is 6.42 Å². The number of hydrogen-bond donors (Lipinski definition) is 3. The first-order valence-electron chi connectivity index (χ1n) is 3.37. The van der Waals surface area contributed by atoms with Gasteiger partial charge in [0.2, 0.25) is 0 Å². The van der Waals surface area contributed by atoms with Crippen LogP contribution in [-0.2, 0) is 4.79 Å². The van der Waals surface area contributed by atoms with Crippen LogP contribution in [0.4, 0.5) is 0 Å². The molecule has 0 saturated heterocycles. The topological polar surface area (TPSA) is 83.5 Å². The van der Waals surface area contributed by atoms with Gasteiger partial charge in [-0.2, -0.15) is 0 Å². The first kappa shape index (κ1) is 10.7. The average molecular weight is 179 g/mol. The molecule has 0 aromatic carbocycles. The molecule has 0 radical (unpaired) electrons. The van der Waals surface area contributed by atoms with Crippen LogP contribution in [0, 0.1) is 0 Å². The lowest BCUT2D eigenvalue weighted by molar-refractivity contribution is -0.136. The normalized spacial score (nSPS) is 12.9. The van der Waals surface area contributed by atoms with Gasteiger partial charge in [-0.1, -0.05) is 0 Å². The van der Waals surface area contributed by atoms with Gasteiger partial charge in [-0.25, -0.2) is 0 Å². The highest BCUT2D eigenvalue weighted by atomic mass is 32.2. The quantitative estimate of drug-likeness (QED) is 0.512. The highest BCUT2D eigenvalue weighted by Gasteiger charge is 2.15. The number of aliphatic hydroxyl groups is 1. The van der Waals surface area contributed by atoms with Gasteiger partial charge in [0.05, 0.1) is 6.61 Å². The molecule has 66 valence electrons. The number of aliphatic carboxylic acids is 1. The molecule has 0 fully saturated rings. The molecule has 0 aliphatic rings. The van der Waals surface area contributed by atoms with Crippen molar-refractivity contribution in [3.63, 3.8) is 0 Å². The second-order valence-electron chi connectivity index (χ2n) is 2.00. The second kappa shape index (κ2) is 6.45. The Kier molecular flexibility index (Phi) is 6.30. The van der Waals surface area contributed by atoms with Gasteiger partial charge in [-0.3, -0.25) is 4.79 Å². The van der Waals surface area contributed by atoms with Crippen molar-refractivity contribution in [2.75, 3.05) is 18.9 Å². The second-order valence-corrected chi connectivity index (χ2v) is 3.31. The molecule has 0 amide bonds. The fourth-order valence-electron chi connectivity index (χ4n) is 0.624. The third-order valence-corrected chi connectivity index (χ3v) is 2.37. The molecule has 0 saturated carbocycles. The fourth-order valence-corrected chi connectivity index (χ4v) is 1.46. The molecule has 0 rings (SSSR count). The summed E-state index contributed by atoms with van der Waals surface area (Å²) in [7, 11) is 0. The summed E-state index contributed by atoms with van der Waals surface area (Å²) in [4.78, 5) is 10.4. The lowest BCUT2D eigenvalue weighted by atomic mass is 10.3. The van der Waals surface area contributed by atoms with E-state index < -0.39 is 11.2 Å². The lowest BCUT2D eigenvalue weighted by Crippen LogP contribution is -2.21. The van der Waals surface area contributed by atoms with Crippen LogP contribution in [0.2, 0.25) is 0 Å². The van der Waals surface area contributed by atoms with E-state index in [-0.39, 0.29) is 6.61 Å². The van der Waals surface area contributed by atoms with E-state index in [0.717, 1.165) is 0 Å². The Morgan fingerprint density at radius 1 is 1.64 bits per heavy atom. The van der Waals surface area contributed by atoms with E-state index in [1.165, 1.54) is 11.8 Å². The van der Waals surface area contributed by atoms with Crippen molar-refractivity contribution in [3.05, 3.63) is 0 Å². The van der Waals surface area contributed by atoms with E-state index in [4.69, 9.17) is 15.9 Å². The lowest BCUT2D eigenvalue weighted by Gasteiger charge is -2.08. The molecular weight excluding hydrogens is 166 g/mol. The molecule has 1 unspecified atom stereocenters. The van der Waals surface area contributed by atoms with Gasteiger partial charge in [-0.15, -0.1) is 11.8 Å². The van der Waals surface area contributed by atoms with Gasteiger partial charge in [-0.05, 0) is 13.0 Å². The van der Waals surface area contributed by atoms with E-state index in [0.29, 0.717) is 18.7 Å². The van der Waals surface area contributed by atoms with Crippen LogP contribution >= 0.6 is 11.8 Å². The van der Waals surface area contributed by atoms with Crippen LogP contribution in [0.5, 0.6) is 0 Å². The average Bonchev–Trinajstić information content (AvgIpc) is 1.97. The number of rotatable bonds is 6. The Morgan fingerprint density at radius 2 is 2.27 bits per heavy atom. The van der Waals surface area contributed by atoms with Crippen LogP contribution in [-0.4, -0.2) is 40.3 Å². The Balaban J connectivity index is 3.60. The Labute approximate surface area is 69.8 Å². The van der Waals surface area contributed by atoms with E-state index in [2.05, 4.69) is 0 Å². The van der Waals surface area contributed by atoms with Gasteiger partial charge < -0.3 is 15.9 Å². The highest BCUT2D eigenvalue weighted by Crippen LogP contribution is 2.13. The van der Waals surface area contributed by atoms with Crippen molar-refractivity contribution in [1.29, 1.82) is 0 Å². The largest absolute Gasteiger partial charge is 0.480 e. The minimum atomic E-state index is -0.853. The molecular formula is C6H13NO3S. The first-order valence-corrected chi connectivity index (χ1v) is 4.42. The minimum Gasteiger partial charge on any atom is -0.480 e. The smallest absolute Gasteiger partial charge is 0.316 e. The molecule has 4 nitrogen and oxygen atoms in total. The summed E-state index contributed by atoms with van der Waals surface area (Å²) in [6, 6.07) is 0. The predicted molar refractivity (Wildman–Crippen MR) is 44.6 cm³/mol. The summed E-state index contributed by atoms with van der Waals surface area (Å²) in [6.07, 6.45) is 0.458. The van der Waals surface area contributed by atoms with Gasteiger partial charge >= 0.3 is 5.97 Å². The molecule has 11 heavy (non-hydrogen) atoms. The predicted octanol–water partition coefficient (Wildman–Crippen LogP) is -0.486. The Morgan fingerprint density at radius 3 is 2.64 bits per heavy atom. The number of thioether (sulfide) groups is 1. The first-order chi connectivity index (χ1) is 5.22. The number of hydrogen-bond acceptors (Lipinski definition) is 4. The van der Waals surface area contributed by atoms with Crippen LogP contribution in [0.15, 0.2) is 0 Å². The summed E-state index contributed by atoms with van der Waals surface area (Å²) < 4.78 is 0. The third-order valence-electron chi connectivity index (χ3n) is 1.11. The Bertz CT molecular complexity index is 120. The highest BCUT2D eigenvalue weighted by molar-refractivity contribution is 8.00. The molecule has 0 spiro atoms. The monoisotopic (exact) mass is 179 g/mol. The van der Waals surface area contributed by atoms with E-state index >= 15 is 0 Å². The molecule has 0 aliphatic carbocycles. The summed E-state index contributed by atoms with van der Waals surface area (Å²) in [5.41, 5.74) is 5.20. The standard InChI is InChI=1S/C6H13NO3S/c7-2-1-5(6(9)10)11-4-3-8/h5,8H,1-4,7H2,(H,9,10). The van der Waals surface area contributed by atoms with Crippen molar-refractivity contribution >= 4 is 17.7 Å². The third kappa shape index (κ3) is 5.06. The molecule has 0 heterocycles. The molecule has 1 atom stereocenters. The van der Waals surface area contributed by atoms with E-state index in [1.807, 2.05) is 0 Å². The van der Waals surface area contributed by atoms with Gasteiger partial charge in [0, 0.05) is 5.75 Å². The van der Waals surface area contributed by atoms with E-state index in [1.54, 1.807) is 0 Å². The molecule has 0 aromatic heterocycles. The van der Waals surface area contributed by atoms with Crippen molar-refractivity contribution in [1.82, 2.24) is 0 Å². The Hall–Kier alpha value is -0.260. The molecule has 0 aromatic rings. The summed E-state index contributed by atoms with van der Waals surface area (Å²) >= 11 is 1.22. The summed E-state index contributed by atoms with van der Waals surface area (Å²) in [5, 5.41) is 16.5. The summed E-state index contributed by atoms with van der Waals surface area (Å²) in [6.45, 7) is 0.383. The zero-order valence-corrected chi connectivity index (χ0v) is 7.01. The zero-order chi connectivity index (χ0) is 8.69. The van der Waals surface area contributed by atoms with Crippen molar-refractivity contribution in [3.8, 4) is 0 Å². The van der Waals surface area contributed by atoms with Crippen LogP contribution in [0.25, 0.3) is 0 Å².